The molecule has 1 unspecified atom stereocenters. The van der Waals surface area contributed by atoms with Crippen molar-refractivity contribution in [3.05, 3.63) is 29.8 Å². The minimum atomic E-state index is -3.45. The third kappa shape index (κ3) is 7.41. The molecule has 1 atom stereocenters. The summed E-state index contributed by atoms with van der Waals surface area (Å²) in [6.07, 6.45) is 1.22. The zero-order valence-electron chi connectivity index (χ0n) is 16.2. The van der Waals surface area contributed by atoms with Crippen LogP contribution in [0, 0.1) is 0 Å². The zero-order valence-corrected chi connectivity index (χ0v) is 17.1. The number of amides is 1. The van der Waals surface area contributed by atoms with Crippen LogP contribution in [0.15, 0.2) is 24.3 Å². The van der Waals surface area contributed by atoms with Gasteiger partial charge >= 0.3 is 0 Å². The molecule has 0 bridgehead atoms. The van der Waals surface area contributed by atoms with Crippen molar-refractivity contribution in [1.29, 1.82) is 0 Å². The Hall–Kier alpha value is -1.48. The molecule has 7 nitrogen and oxygen atoms in total. The summed E-state index contributed by atoms with van der Waals surface area (Å²) in [5, 5.41) is 12.8. The first kappa shape index (κ1) is 22.6. The van der Waals surface area contributed by atoms with E-state index in [1.807, 2.05) is 19.0 Å². The number of hydrogen-bond acceptors (Lipinski definition) is 5. The molecule has 0 saturated carbocycles. The summed E-state index contributed by atoms with van der Waals surface area (Å²) in [5.41, 5.74) is -0.146. The Morgan fingerprint density at radius 1 is 1.23 bits per heavy atom. The molecule has 0 aliphatic heterocycles. The predicted octanol–water partition coefficient (Wildman–Crippen LogP) is 1.50. The van der Waals surface area contributed by atoms with E-state index in [9.17, 15) is 18.3 Å². The van der Waals surface area contributed by atoms with Crippen molar-refractivity contribution in [2.75, 3.05) is 32.5 Å². The molecule has 0 heterocycles. The van der Waals surface area contributed by atoms with E-state index in [1.165, 1.54) is 0 Å². The first-order chi connectivity index (χ1) is 11.9. The molecular formula is C18H31N3O4S. The van der Waals surface area contributed by atoms with Gasteiger partial charge in [0.15, 0.2) is 0 Å². The second kappa shape index (κ2) is 9.45. The van der Waals surface area contributed by atoms with E-state index in [1.54, 1.807) is 45.0 Å². The summed E-state index contributed by atoms with van der Waals surface area (Å²) in [6, 6.07) is 6.76. The Labute approximate surface area is 156 Å². The maximum Gasteiger partial charge on any atom is 0.224 e. The molecule has 0 spiro atoms. The largest absolute Gasteiger partial charge is 0.384 e. The van der Waals surface area contributed by atoms with Crippen molar-refractivity contribution < 1.29 is 18.3 Å². The summed E-state index contributed by atoms with van der Waals surface area (Å²) in [5.74, 6) is -0.0592. The lowest BCUT2D eigenvalue weighted by Gasteiger charge is -2.25. The molecule has 1 aromatic carbocycles. The van der Waals surface area contributed by atoms with E-state index in [0.717, 1.165) is 13.0 Å². The van der Waals surface area contributed by atoms with Gasteiger partial charge in [-0.25, -0.2) is 13.1 Å². The quantitative estimate of drug-likeness (QED) is 0.567. The molecule has 3 N–H and O–H groups in total. The minimum absolute atomic E-state index is 0.0592. The number of carbonyl (C=O) groups is 1. The number of rotatable bonds is 10. The third-order valence-corrected chi connectivity index (χ3v) is 5.83. The molecule has 1 rings (SSSR count). The van der Waals surface area contributed by atoms with E-state index in [0.29, 0.717) is 17.7 Å². The van der Waals surface area contributed by atoms with Crippen LogP contribution in [-0.2, 0) is 20.4 Å². The lowest BCUT2D eigenvalue weighted by atomic mass is 9.96. The van der Waals surface area contributed by atoms with Gasteiger partial charge in [0, 0.05) is 18.7 Å². The highest BCUT2D eigenvalue weighted by atomic mass is 32.2. The first-order valence-corrected chi connectivity index (χ1v) is 10.2. The lowest BCUT2D eigenvalue weighted by molar-refractivity contribution is -0.116. The standard InChI is InChI=1S/C18H31N3O4S/c1-14(2)26(24,25)19-13-18(3,23)15-8-10-16(11-9-15)20-17(22)7-6-12-21(4)5/h8-11,14,19,23H,6-7,12-13H2,1-5H3,(H,20,22). The molecule has 0 aliphatic rings. The van der Waals surface area contributed by atoms with E-state index in [-0.39, 0.29) is 12.5 Å². The summed E-state index contributed by atoms with van der Waals surface area (Å²) in [7, 11) is 0.475. The average molecular weight is 386 g/mol. The highest BCUT2D eigenvalue weighted by molar-refractivity contribution is 7.90. The van der Waals surface area contributed by atoms with Crippen LogP contribution in [0.25, 0.3) is 0 Å². The Kier molecular flexibility index (Phi) is 8.20. The highest BCUT2D eigenvalue weighted by Crippen LogP contribution is 2.22. The molecule has 0 fully saturated rings. The molecule has 1 aromatic rings. The highest BCUT2D eigenvalue weighted by Gasteiger charge is 2.26. The fourth-order valence-electron chi connectivity index (χ4n) is 2.20. The van der Waals surface area contributed by atoms with Crippen molar-refractivity contribution in [3.63, 3.8) is 0 Å². The molecular weight excluding hydrogens is 354 g/mol. The van der Waals surface area contributed by atoms with E-state index in [4.69, 9.17) is 0 Å². The van der Waals surface area contributed by atoms with Crippen molar-refractivity contribution >= 4 is 21.6 Å². The molecule has 0 radical (unpaired) electrons. The minimum Gasteiger partial charge on any atom is -0.384 e. The Morgan fingerprint density at radius 2 is 1.81 bits per heavy atom. The number of nitrogens with one attached hydrogen (secondary N) is 2. The third-order valence-electron chi connectivity index (χ3n) is 4.04. The number of anilines is 1. The van der Waals surface area contributed by atoms with Crippen LogP contribution in [-0.4, -0.2) is 56.8 Å². The van der Waals surface area contributed by atoms with Crippen LogP contribution in [0.4, 0.5) is 5.69 Å². The van der Waals surface area contributed by atoms with E-state index in [2.05, 4.69) is 10.0 Å². The van der Waals surface area contributed by atoms with Gasteiger partial charge in [-0.2, -0.15) is 0 Å². The van der Waals surface area contributed by atoms with Crippen molar-refractivity contribution in [2.45, 2.75) is 44.5 Å². The maximum atomic E-state index is 11.9. The number of sulfonamides is 1. The number of aliphatic hydroxyl groups is 1. The van der Waals surface area contributed by atoms with Gasteiger partial charge in [-0.3, -0.25) is 4.79 Å². The summed E-state index contributed by atoms with van der Waals surface area (Å²) in [6.45, 7) is 5.43. The normalized spacial score (nSPS) is 14.5. The monoisotopic (exact) mass is 385 g/mol. The fourth-order valence-corrected chi connectivity index (χ4v) is 3.02. The van der Waals surface area contributed by atoms with Gasteiger partial charge in [-0.1, -0.05) is 12.1 Å². The van der Waals surface area contributed by atoms with Crippen LogP contribution in [0.5, 0.6) is 0 Å². The smallest absolute Gasteiger partial charge is 0.224 e. The van der Waals surface area contributed by atoms with Gasteiger partial charge in [-0.15, -0.1) is 0 Å². The van der Waals surface area contributed by atoms with E-state index < -0.39 is 20.9 Å². The van der Waals surface area contributed by atoms with Crippen LogP contribution in [0.3, 0.4) is 0 Å². The summed E-state index contributed by atoms with van der Waals surface area (Å²) < 4.78 is 26.1. The summed E-state index contributed by atoms with van der Waals surface area (Å²) >= 11 is 0. The Morgan fingerprint density at radius 3 is 2.31 bits per heavy atom. The van der Waals surface area contributed by atoms with Gasteiger partial charge in [0.2, 0.25) is 15.9 Å². The first-order valence-electron chi connectivity index (χ1n) is 8.70. The van der Waals surface area contributed by atoms with Gasteiger partial charge in [-0.05, 0) is 65.5 Å². The number of hydrogen-bond donors (Lipinski definition) is 3. The van der Waals surface area contributed by atoms with Gasteiger partial charge < -0.3 is 15.3 Å². The van der Waals surface area contributed by atoms with Crippen LogP contribution < -0.4 is 10.0 Å². The number of nitrogens with zero attached hydrogens (tertiary/aromatic N) is 1. The number of carbonyl (C=O) groups excluding carboxylic acids is 1. The van der Waals surface area contributed by atoms with Crippen molar-refractivity contribution in [1.82, 2.24) is 9.62 Å². The number of benzene rings is 1. The second-order valence-corrected chi connectivity index (χ2v) is 9.54. The predicted molar refractivity (Wildman–Crippen MR) is 104 cm³/mol. The Balaban J connectivity index is 2.63. The molecule has 148 valence electrons. The van der Waals surface area contributed by atoms with Crippen molar-refractivity contribution in [2.24, 2.45) is 0 Å². The Bertz CT molecular complexity index is 683. The lowest BCUT2D eigenvalue weighted by Crippen LogP contribution is -2.41. The molecule has 8 heteroatoms. The maximum absolute atomic E-state index is 11.9. The summed E-state index contributed by atoms with van der Waals surface area (Å²) in [4.78, 5) is 13.9. The molecule has 26 heavy (non-hydrogen) atoms. The molecule has 0 aromatic heterocycles. The molecule has 0 aliphatic carbocycles. The van der Waals surface area contributed by atoms with Crippen LogP contribution in [0.1, 0.15) is 39.2 Å². The molecule has 1 amide bonds. The van der Waals surface area contributed by atoms with Gasteiger partial charge in [0.05, 0.1) is 5.25 Å². The van der Waals surface area contributed by atoms with Crippen LogP contribution >= 0.6 is 0 Å². The van der Waals surface area contributed by atoms with Gasteiger partial charge in [0.1, 0.15) is 5.60 Å². The zero-order chi connectivity index (χ0) is 20.0. The van der Waals surface area contributed by atoms with Gasteiger partial charge in [0.25, 0.3) is 0 Å². The topological polar surface area (TPSA) is 98.7 Å². The SMILES string of the molecule is CC(C)S(=O)(=O)NCC(C)(O)c1ccc(NC(=O)CCCN(C)C)cc1. The van der Waals surface area contributed by atoms with E-state index >= 15 is 0 Å². The molecule has 0 saturated heterocycles. The van der Waals surface area contributed by atoms with Crippen molar-refractivity contribution in [3.8, 4) is 0 Å². The average Bonchev–Trinajstić information content (AvgIpc) is 2.53. The van der Waals surface area contributed by atoms with Crippen LogP contribution in [0.2, 0.25) is 0 Å². The second-order valence-electron chi connectivity index (χ2n) is 7.22. The fraction of sp³-hybridized carbons (Fsp3) is 0.611.